The number of rotatable bonds is 4. The van der Waals surface area contributed by atoms with Crippen LogP contribution in [0.15, 0.2) is 53.7 Å². The summed E-state index contributed by atoms with van der Waals surface area (Å²) in [6, 6.07) is 7.49. The molecule has 2 heterocycles. The second-order valence-electron chi connectivity index (χ2n) is 5.19. The van der Waals surface area contributed by atoms with E-state index in [2.05, 4.69) is 15.3 Å². The Labute approximate surface area is 151 Å². The molecule has 0 bridgehead atoms. The highest BCUT2D eigenvalue weighted by molar-refractivity contribution is 7.98. The van der Waals surface area contributed by atoms with E-state index in [9.17, 15) is 18.0 Å². The molecule has 132 valence electrons. The Hall–Kier alpha value is -2.87. The Balaban J connectivity index is 2.00. The van der Waals surface area contributed by atoms with Crippen molar-refractivity contribution in [1.29, 1.82) is 0 Å². The molecule has 4 nitrogen and oxygen atoms in total. The van der Waals surface area contributed by atoms with Gasteiger partial charge in [0.15, 0.2) is 0 Å². The molecule has 1 N–H and O–H groups in total. The molecule has 0 spiro atoms. The van der Waals surface area contributed by atoms with Crippen molar-refractivity contribution in [2.24, 2.45) is 0 Å². The van der Waals surface area contributed by atoms with Crippen molar-refractivity contribution < 1.29 is 18.0 Å². The molecule has 3 rings (SSSR count). The monoisotopic (exact) mass is 375 g/mol. The van der Waals surface area contributed by atoms with Crippen LogP contribution in [0.3, 0.4) is 0 Å². The molecule has 0 aliphatic carbocycles. The first-order valence-corrected chi connectivity index (χ1v) is 8.63. The number of carbonyl (C=O) groups excluding carboxylic acids is 1. The summed E-state index contributed by atoms with van der Waals surface area (Å²) >= 11 is 1.15. The van der Waals surface area contributed by atoms with Crippen molar-refractivity contribution in [3.63, 3.8) is 0 Å². The predicted molar refractivity (Wildman–Crippen MR) is 93.5 cm³/mol. The fourth-order valence-corrected chi connectivity index (χ4v) is 2.71. The lowest BCUT2D eigenvalue weighted by atomic mass is 10.1. The van der Waals surface area contributed by atoms with Gasteiger partial charge >= 0.3 is 0 Å². The van der Waals surface area contributed by atoms with Crippen molar-refractivity contribution >= 4 is 23.4 Å². The van der Waals surface area contributed by atoms with Gasteiger partial charge in [0.2, 0.25) is 0 Å². The maximum Gasteiger partial charge on any atom is 0.274 e. The van der Waals surface area contributed by atoms with Crippen LogP contribution < -0.4 is 5.32 Å². The van der Waals surface area contributed by atoms with Gasteiger partial charge in [-0.05, 0) is 42.7 Å². The van der Waals surface area contributed by atoms with Crippen LogP contribution in [-0.4, -0.2) is 22.1 Å². The lowest BCUT2D eigenvalue weighted by Gasteiger charge is -2.10. The van der Waals surface area contributed by atoms with E-state index < -0.39 is 34.6 Å². The number of pyridine rings is 2. The lowest BCUT2D eigenvalue weighted by Crippen LogP contribution is -2.14. The molecule has 0 aliphatic rings. The standard InChI is InChI=1S/C18H12F3N3OS/c1-26-11-7-13(20)16(14(21)8-11)17-12(19)4-5-15(24-17)18(25)23-10-3-2-6-22-9-10/h2-9H,1H3,(H,23,25). The maximum absolute atomic E-state index is 14.3. The third-order valence-electron chi connectivity index (χ3n) is 3.49. The van der Waals surface area contributed by atoms with Gasteiger partial charge in [-0.2, -0.15) is 0 Å². The molecule has 1 aromatic carbocycles. The molecule has 0 unspecified atom stereocenters. The SMILES string of the molecule is CSc1cc(F)c(-c2nc(C(=O)Nc3cccnc3)ccc2F)c(F)c1. The smallest absolute Gasteiger partial charge is 0.274 e. The first-order chi connectivity index (χ1) is 12.5. The number of aromatic nitrogens is 2. The lowest BCUT2D eigenvalue weighted by molar-refractivity contribution is 0.102. The van der Waals surface area contributed by atoms with E-state index in [0.717, 1.165) is 36.0 Å². The van der Waals surface area contributed by atoms with Crippen LogP contribution in [-0.2, 0) is 0 Å². The average molecular weight is 375 g/mol. The summed E-state index contributed by atoms with van der Waals surface area (Å²) in [7, 11) is 0. The Bertz CT molecular complexity index is 944. The molecule has 2 aromatic heterocycles. The summed E-state index contributed by atoms with van der Waals surface area (Å²) < 4.78 is 42.7. The van der Waals surface area contributed by atoms with Gasteiger partial charge in [0.1, 0.15) is 28.8 Å². The van der Waals surface area contributed by atoms with Crippen LogP contribution in [0, 0.1) is 17.5 Å². The molecule has 0 saturated carbocycles. The number of thioether (sulfide) groups is 1. The van der Waals surface area contributed by atoms with Gasteiger partial charge in [-0.1, -0.05) is 0 Å². The fraction of sp³-hybridized carbons (Fsp3) is 0.0556. The summed E-state index contributed by atoms with van der Waals surface area (Å²) in [5.74, 6) is -3.49. The average Bonchev–Trinajstić information content (AvgIpc) is 2.63. The summed E-state index contributed by atoms with van der Waals surface area (Å²) in [6.45, 7) is 0. The first-order valence-electron chi connectivity index (χ1n) is 7.41. The van der Waals surface area contributed by atoms with Gasteiger partial charge in [0, 0.05) is 11.1 Å². The number of benzene rings is 1. The van der Waals surface area contributed by atoms with E-state index in [4.69, 9.17) is 0 Å². The zero-order valence-corrected chi connectivity index (χ0v) is 14.3. The summed E-state index contributed by atoms with van der Waals surface area (Å²) in [4.78, 5) is 20.3. The van der Waals surface area contributed by atoms with Gasteiger partial charge in [0.05, 0.1) is 17.4 Å². The number of nitrogens with zero attached hydrogens (tertiary/aromatic N) is 2. The van der Waals surface area contributed by atoms with E-state index in [1.165, 1.54) is 12.4 Å². The molecule has 1 amide bonds. The van der Waals surface area contributed by atoms with Crippen LogP contribution in [0.5, 0.6) is 0 Å². The highest BCUT2D eigenvalue weighted by Crippen LogP contribution is 2.30. The minimum atomic E-state index is -0.953. The molecule has 0 fully saturated rings. The summed E-state index contributed by atoms with van der Waals surface area (Å²) in [5, 5.41) is 2.53. The minimum Gasteiger partial charge on any atom is -0.319 e. The summed E-state index contributed by atoms with van der Waals surface area (Å²) in [6.07, 6.45) is 4.62. The highest BCUT2D eigenvalue weighted by Gasteiger charge is 2.20. The quantitative estimate of drug-likeness (QED) is 0.681. The van der Waals surface area contributed by atoms with Crippen molar-refractivity contribution in [1.82, 2.24) is 9.97 Å². The highest BCUT2D eigenvalue weighted by atomic mass is 32.2. The van der Waals surface area contributed by atoms with Crippen LogP contribution >= 0.6 is 11.8 Å². The number of hydrogen-bond acceptors (Lipinski definition) is 4. The van der Waals surface area contributed by atoms with Crippen LogP contribution in [0.25, 0.3) is 11.3 Å². The predicted octanol–water partition coefficient (Wildman–Crippen LogP) is 4.54. The summed E-state index contributed by atoms with van der Waals surface area (Å²) in [5.41, 5.74) is -0.951. The van der Waals surface area contributed by atoms with Crippen LogP contribution in [0.2, 0.25) is 0 Å². The molecule has 0 aliphatic heterocycles. The largest absolute Gasteiger partial charge is 0.319 e. The first kappa shape index (κ1) is 17.9. The van der Waals surface area contributed by atoms with Gasteiger partial charge in [-0.15, -0.1) is 11.8 Å². The Morgan fingerprint density at radius 1 is 1.08 bits per heavy atom. The van der Waals surface area contributed by atoms with Gasteiger partial charge in [0.25, 0.3) is 5.91 Å². The number of anilines is 1. The van der Waals surface area contributed by atoms with E-state index in [0.29, 0.717) is 10.6 Å². The normalized spacial score (nSPS) is 10.6. The zero-order chi connectivity index (χ0) is 18.7. The number of carbonyl (C=O) groups is 1. The number of nitrogens with one attached hydrogen (secondary N) is 1. The van der Waals surface area contributed by atoms with E-state index >= 15 is 0 Å². The Morgan fingerprint density at radius 3 is 2.42 bits per heavy atom. The Morgan fingerprint density at radius 2 is 1.81 bits per heavy atom. The van der Waals surface area contributed by atoms with Gasteiger partial charge in [-0.25, -0.2) is 18.2 Å². The number of hydrogen-bond donors (Lipinski definition) is 1. The molecule has 3 aromatic rings. The van der Waals surface area contributed by atoms with E-state index in [1.54, 1.807) is 18.4 Å². The van der Waals surface area contributed by atoms with Crippen molar-refractivity contribution in [3.8, 4) is 11.3 Å². The molecule has 0 atom stereocenters. The van der Waals surface area contributed by atoms with Crippen LogP contribution in [0.4, 0.5) is 18.9 Å². The molecule has 26 heavy (non-hydrogen) atoms. The topological polar surface area (TPSA) is 54.9 Å². The zero-order valence-electron chi connectivity index (χ0n) is 13.5. The van der Waals surface area contributed by atoms with Crippen molar-refractivity contribution in [3.05, 3.63) is 71.9 Å². The van der Waals surface area contributed by atoms with Crippen molar-refractivity contribution in [2.45, 2.75) is 4.90 Å². The Kier molecular flexibility index (Phi) is 5.22. The third kappa shape index (κ3) is 3.70. The van der Waals surface area contributed by atoms with Gasteiger partial charge in [-0.3, -0.25) is 9.78 Å². The molecular weight excluding hydrogens is 363 g/mol. The maximum atomic E-state index is 14.3. The van der Waals surface area contributed by atoms with Crippen LogP contribution in [0.1, 0.15) is 10.5 Å². The molecular formula is C18H12F3N3OS. The molecule has 8 heteroatoms. The third-order valence-corrected chi connectivity index (χ3v) is 4.19. The minimum absolute atomic E-state index is 0.182. The molecule has 0 saturated heterocycles. The fourth-order valence-electron chi connectivity index (χ4n) is 2.27. The van der Waals surface area contributed by atoms with Gasteiger partial charge < -0.3 is 5.32 Å². The number of amides is 1. The van der Waals surface area contributed by atoms with E-state index in [-0.39, 0.29) is 5.69 Å². The number of halogens is 3. The second kappa shape index (κ2) is 7.57. The second-order valence-corrected chi connectivity index (χ2v) is 6.07. The van der Waals surface area contributed by atoms with E-state index in [1.807, 2.05) is 0 Å². The van der Waals surface area contributed by atoms with Crippen molar-refractivity contribution in [2.75, 3.05) is 11.6 Å². The molecule has 0 radical (unpaired) electrons.